The van der Waals surface area contributed by atoms with E-state index in [-0.39, 0.29) is 28.5 Å². The maximum Gasteiger partial charge on any atom is 0.253 e. The number of sulfone groups is 1. The van der Waals surface area contributed by atoms with Crippen molar-refractivity contribution in [3.63, 3.8) is 0 Å². The lowest BCUT2D eigenvalue weighted by molar-refractivity contribution is 0.434. The lowest BCUT2D eigenvalue weighted by Gasteiger charge is -2.04. The molecule has 2 N–H and O–H groups in total. The standard InChI is InChI=1S/C14H14N6O3S/c1-24(21,22)9-4-5-16-10(6-9)23-14-11-12(15)17-7-18-13(11)20(19-14)8-2-3-8/h4-8H,2-3H2,1H3,(H2,15,17,18). The molecule has 3 heterocycles. The highest BCUT2D eigenvalue weighted by atomic mass is 32.2. The smallest absolute Gasteiger partial charge is 0.253 e. The summed E-state index contributed by atoms with van der Waals surface area (Å²) in [5.41, 5.74) is 6.54. The number of nitrogen functional groups attached to an aromatic ring is 1. The number of ether oxygens (including phenoxy) is 1. The molecule has 0 saturated heterocycles. The van der Waals surface area contributed by atoms with Gasteiger partial charge in [-0.05, 0) is 18.9 Å². The average Bonchev–Trinajstić information content (AvgIpc) is 3.30. The Morgan fingerprint density at radius 2 is 2.08 bits per heavy atom. The Labute approximate surface area is 137 Å². The summed E-state index contributed by atoms with van der Waals surface area (Å²) in [5.74, 6) is 0.581. The van der Waals surface area contributed by atoms with E-state index in [1.807, 2.05) is 0 Å². The van der Waals surface area contributed by atoms with Gasteiger partial charge in [0, 0.05) is 18.5 Å². The third kappa shape index (κ3) is 2.54. The number of anilines is 1. The van der Waals surface area contributed by atoms with Gasteiger partial charge in [-0.1, -0.05) is 0 Å². The number of fused-ring (bicyclic) bond motifs is 1. The quantitative estimate of drug-likeness (QED) is 0.750. The molecule has 3 aromatic heterocycles. The van der Waals surface area contributed by atoms with Crippen molar-refractivity contribution in [3.05, 3.63) is 24.7 Å². The predicted molar refractivity (Wildman–Crippen MR) is 85.4 cm³/mol. The highest BCUT2D eigenvalue weighted by molar-refractivity contribution is 7.90. The molecule has 0 atom stereocenters. The van der Waals surface area contributed by atoms with E-state index in [9.17, 15) is 8.42 Å². The highest BCUT2D eigenvalue weighted by Crippen LogP contribution is 2.40. The molecule has 0 radical (unpaired) electrons. The van der Waals surface area contributed by atoms with Crippen LogP contribution in [0.5, 0.6) is 11.8 Å². The molecular weight excluding hydrogens is 332 g/mol. The summed E-state index contributed by atoms with van der Waals surface area (Å²) in [7, 11) is -3.36. The van der Waals surface area contributed by atoms with Crippen LogP contribution in [-0.2, 0) is 9.84 Å². The Hall–Kier alpha value is -2.75. The second-order valence-electron chi connectivity index (χ2n) is 5.64. The van der Waals surface area contributed by atoms with Crippen molar-refractivity contribution in [2.75, 3.05) is 12.0 Å². The van der Waals surface area contributed by atoms with Gasteiger partial charge in [0.1, 0.15) is 17.5 Å². The van der Waals surface area contributed by atoms with Gasteiger partial charge in [0.15, 0.2) is 15.5 Å². The van der Waals surface area contributed by atoms with Gasteiger partial charge in [-0.25, -0.2) is 28.1 Å². The van der Waals surface area contributed by atoms with Crippen molar-refractivity contribution >= 4 is 26.7 Å². The van der Waals surface area contributed by atoms with Crippen molar-refractivity contribution in [1.82, 2.24) is 24.7 Å². The van der Waals surface area contributed by atoms with Crippen LogP contribution in [0.4, 0.5) is 5.82 Å². The molecule has 0 unspecified atom stereocenters. The number of nitrogens with zero attached hydrogens (tertiary/aromatic N) is 5. The summed E-state index contributed by atoms with van der Waals surface area (Å²) in [6.07, 6.45) is 5.90. The Balaban J connectivity index is 1.80. The van der Waals surface area contributed by atoms with Gasteiger partial charge < -0.3 is 10.5 Å². The van der Waals surface area contributed by atoms with Gasteiger partial charge in [0.05, 0.1) is 10.9 Å². The van der Waals surface area contributed by atoms with Crippen LogP contribution >= 0.6 is 0 Å². The van der Waals surface area contributed by atoms with E-state index in [1.165, 1.54) is 24.7 Å². The summed E-state index contributed by atoms with van der Waals surface area (Å²) in [5, 5.41) is 4.92. The van der Waals surface area contributed by atoms with E-state index < -0.39 is 9.84 Å². The zero-order chi connectivity index (χ0) is 16.9. The van der Waals surface area contributed by atoms with E-state index >= 15 is 0 Å². The third-order valence-corrected chi connectivity index (χ3v) is 4.82. The maximum absolute atomic E-state index is 11.7. The fourth-order valence-electron chi connectivity index (χ4n) is 2.39. The minimum Gasteiger partial charge on any atom is -0.418 e. The van der Waals surface area contributed by atoms with Crippen LogP contribution in [0.1, 0.15) is 18.9 Å². The molecule has 1 fully saturated rings. The van der Waals surface area contributed by atoms with Crippen LogP contribution < -0.4 is 10.5 Å². The molecule has 0 bridgehead atoms. The average molecular weight is 346 g/mol. The van der Waals surface area contributed by atoms with Crippen molar-refractivity contribution < 1.29 is 13.2 Å². The molecule has 24 heavy (non-hydrogen) atoms. The summed E-state index contributed by atoms with van der Waals surface area (Å²) < 4.78 is 30.8. The van der Waals surface area contributed by atoms with Crippen LogP contribution in [0, 0.1) is 0 Å². The molecule has 10 heteroatoms. The first-order valence-electron chi connectivity index (χ1n) is 7.26. The summed E-state index contributed by atoms with van der Waals surface area (Å²) in [6, 6.07) is 3.02. The lowest BCUT2D eigenvalue weighted by atomic mass is 10.4. The fraction of sp³-hybridized carbons (Fsp3) is 0.286. The molecule has 4 rings (SSSR count). The monoisotopic (exact) mass is 346 g/mol. The largest absolute Gasteiger partial charge is 0.418 e. The third-order valence-electron chi connectivity index (χ3n) is 3.71. The zero-order valence-corrected chi connectivity index (χ0v) is 13.6. The number of hydrogen-bond donors (Lipinski definition) is 1. The van der Waals surface area contributed by atoms with Crippen LogP contribution in [0.2, 0.25) is 0 Å². The molecule has 0 spiro atoms. The lowest BCUT2D eigenvalue weighted by Crippen LogP contribution is -1.99. The Morgan fingerprint density at radius 1 is 1.29 bits per heavy atom. The van der Waals surface area contributed by atoms with Crippen molar-refractivity contribution in [1.29, 1.82) is 0 Å². The zero-order valence-electron chi connectivity index (χ0n) is 12.7. The molecule has 3 aromatic rings. The summed E-state index contributed by atoms with van der Waals surface area (Å²) in [6.45, 7) is 0. The highest BCUT2D eigenvalue weighted by Gasteiger charge is 2.29. The molecule has 0 aliphatic heterocycles. The van der Waals surface area contributed by atoms with E-state index in [1.54, 1.807) is 4.68 Å². The van der Waals surface area contributed by atoms with E-state index in [0.717, 1.165) is 19.1 Å². The molecule has 9 nitrogen and oxygen atoms in total. The SMILES string of the molecule is CS(=O)(=O)c1ccnc(Oc2nn(C3CC3)c3ncnc(N)c23)c1. The van der Waals surface area contributed by atoms with E-state index in [4.69, 9.17) is 10.5 Å². The molecule has 124 valence electrons. The molecule has 0 amide bonds. The van der Waals surface area contributed by atoms with Crippen LogP contribution in [0.15, 0.2) is 29.6 Å². The maximum atomic E-state index is 11.7. The van der Waals surface area contributed by atoms with Gasteiger partial charge >= 0.3 is 0 Å². The predicted octanol–water partition coefficient (Wildman–Crippen LogP) is 1.33. The van der Waals surface area contributed by atoms with E-state index in [2.05, 4.69) is 20.1 Å². The number of hydrogen-bond acceptors (Lipinski definition) is 8. The van der Waals surface area contributed by atoms with Gasteiger partial charge in [-0.15, -0.1) is 5.10 Å². The molecule has 1 saturated carbocycles. The van der Waals surface area contributed by atoms with Crippen molar-refractivity contribution in [2.45, 2.75) is 23.8 Å². The van der Waals surface area contributed by atoms with Gasteiger partial charge in [-0.3, -0.25) is 0 Å². The number of rotatable bonds is 4. The Bertz CT molecular complexity index is 1040. The number of pyridine rings is 1. The Kier molecular flexibility index (Phi) is 3.17. The first kappa shape index (κ1) is 14.8. The molecule has 1 aliphatic carbocycles. The van der Waals surface area contributed by atoms with E-state index in [0.29, 0.717) is 11.0 Å². The first-order chi connectivity index (χ1) is 11.4. The minimum absolute atomic E-state index is 0.114. The van der Waals surface area contributed by atoms with Crippen LogP contribution in [0.25, 0.3) is 11.0 Å². The minimum atomic E-state index is -3.36. The first-order valence-corrected chi connectivity index (χ1v) is 9.15. The summed E-state index contributed by atoms with van der Waals surface area (Å²) in [4.78, 5) is 12.4. The van der Waals surface area contributed by atoms with Crippen molar-refractivity contribution in [3.8, 4) is 11.8 Å². The van der Waals surface area contributed by atoms with Crippen LogP contribution in [-0.4, -0.2) is 39.4 Å². The molecule has 0 aromatic carbocycles. The second-order valence-corrected chi connectivity index (χ2v) is 7.66. The topological polar surface area (TPSA) is 126 Å². The number of aromatic nitrogens is 5. The second kappa shape index (κ2) is 5.13. The van der Waals surface area contributed by atoms with Gasteiger partial charge in [0.2, 0.25) is 5.88 Å². The summed E-state index contributed by atoms with van der Waals surface area (Å²) >= 11 is 0. The van der Waals surface area contributed by atoms with Crippen molar-refractivity contribution in [2.24, 2.45) is 0 Å². The van der Waals surface area contributed by atoms with Gasteiger partial charge in [-0.2, -0.15) is 0 Å². The normalized spacial score (nSPS) is 14.9. The number of nitrogens with two attached hydrogens (primary N) is 1. The molecular formula is C14H14N6O3S. The fourth-order valence-corrected chi connectivity index (χ4v) is 3.01. The van der Waals surface area contributed by atoms with Crippen LogP contribution in [0.3, 0.4) is 0 Å². The molecule has 1 aliphatic rings. The Morgan fingerprint density at radius 3 is 2.79 bits per heavy atom. The van der Waals surface area contributed by atoms with Gasteiger partial charge in [0.25, 0.3) is 5.88 Å².